The first-order valence-corrected chi connectivity index (χ1v) is 7.10. The molecule has 0 aliphatic carbocycles. The molecule has 0 bridgehead atoms. The van der Waals surface area contributed by atoms with Gasteiger partial charge in [-0.25, -0.2) is 9.82 Å². The van der Waals surface area contributed by atoms with Crippen molar-refractivity contribution in [3.63, 3.8) is 0 Å². The number of ether oxygens (including phenoxy) is 2. The van der Waals surface area contributed by atoms with Crippen LogP contribution in [0.4, 0.5) is 4.39 Å². The summed E-state index contributed by atoms with van der Waals surface area (Å²) in [5, 5.41) is 3.77. The number of carbonyl (C=O) groups is 1. The van der Waals surface area contributed by atoms with E-state index < -0.39 is 5.91 Å². The Morgan fingerprint density at radius 2 is 1.70 bits per heavy atom. The fourth-order valence-corrected chi connectivity index (χ4v) is 1.71. The molecular formula is C17H17FN2O3. The van der Waals surface area contributed by atoms with Gasteiger partial charge in [-0.2, -0.15) is 5.10 Å². The van der Waals surface area contributed by atoms with Gasteiger partial charge < -0.3 is 9.47 Å². The summed E-state index contributed by atoms with van der Waals surface area (Å²) >= 11 is 0. The predicted molar refractivity (Wildman–Crippen MR) is 85.2 cm³/mol. The average Bonchev–Trinajstić information content (AvgIpc) is 2.56. The van der Waals surface area contributed by atoms with Crippen LogP contribution in [0.25, 0.3) is 0 Å². The van der Waals surface area contributed by atoms with E-state index in [0.29, 0.717) is 17.9 Å². The number of hydrazone groups is 1. The van der Waals surface area contributed by atoms with E-state index in [9.17, 15) is 9.18 Å². The number of nitrogens with zero attached hydrogens (tertiary/aromatic N) is 1. The molecule has 0 aliphatic rings. The molecule has 0 spiro atoms. The third kappa shape index (κ3) is 5.78. The second-order valence-corrected chi connectivity index (χ2v) is 4.54. The summed E-state index contributed by atoms with van der Waals surface area (Å²) in [6.45, 7) is 2.34. The van der Waals surface area contributed by atoms with Crippen LogP contribution in [-0.2, 0) is 4.79 Å². The number of nitrogens with one attached hydrogen (secondary N) is 1. The molecule has 1 amide bonds. The normalized spacial score (nSPS) is 10.5. The van der Waals surface area contributed by atoms with Crippen molar-refractivity contribution in [1.82, 2.24) is 5.43 Å². The van der Waals surface area contributed by atoms with Crippen LogP contribution in [0, 0.1) is 5.82 Å². The van der Waals surface area contributed by atoms with Gasteiger partial charge in [-0.3, -0.25) is 4.79 Å². The first-order chi connectivity index (χ1) is 11.2. The van der Waals surface area contributed by atoms with Crippen molar-refractivity contribution in [2.24, 2.45) is 5.10 Å². The average molecular weight is 316 g/mol. The first-order valence-electron chi connectivity index (χ1n) is 7.10. The molecule has 5 nitrogen and oxygen atoms in total. The van der Waals surface area contributed by atoms with Crippen molar-refractivity contribution in [3.8, 4) is 11.5 Å². The van der Waals surface area contributed by atoms with Gasteiger partial charge in [-0.15, -0.1) is 0 Å². The lowest BCUT2D eigenvalue weighted by Gasteiger charge is -2.06. The summed E-state index contributed by atoms with van der Waals surface area (Å²) in [6.07, 6.45) is 1.42. The molecule has 0 atom stereocenters. The molecule has 2 aromatic rings. The lowest BCUT2D eigenvalue weighted by atomic mass is 10.2. The van der Waals surface area contributed by atoms with Crippen LogP contribution < -0.4 is 14.9 Å². The zero-order valence-corrected chi connectivity index (χ0v) is 12.7. The van der Waals surface area contributed by atoms with Crippen molar-refractivity contribution < 1.29 is 18.7 Å². The van der Waals surface area contributed by atoms with E-state index in [4.69, 9.17) is 9.47 Å². The van der Waals surface area contributed by atoms with Gasteiger partial charge >= 0.3 is 0 Å². The lowest BCUT2D eigenvalue weighted by Crippen LogP contribution is -2.24. The number of hydrogen-bond acceptors (Lipinski definition) is 4. The van der Waals surface area contributed by atoms with Gasteiger partial charge in [0.1, 0.15) is 17.3 Å². The Kier molecular flexibility index (Phi) is 6.11. The van der Waals surface area contributed by atoms with Crippen LogP contribution in [0.1, 0.15) is 12.5 Å². The monoisotopic (exact) mass is 316 g/mol. The predicted octanol–water partition coefficient (Wildman–Crippen LogP) is 2.75. The van der Waals surface area contributed by atoms with Crippen molar-refractivity contribution in [2.75, 3.05) is 13.2 Å². The van der Waals surface area contributed by atoms with E-state index in [1.165, 1.54) is 18.3 Å². The number of carbonyl (C=O) groups excluding carboxylic acids is 1. The van der Waals surface area contributed by atoms with Crippen LogP contribution >= 0.6 is 0 Å². The Labute approximate surface area is 133 Å². The van der Waals surface area contributed by atoms with E-state index >= 15 is 0 Å². The van der Waals surface area contributed by atoms with Gasteiger partial charge in [0.15, 0.2) is 6.61 Å². The molecule has 0 fully saturated rings. The van der Waals surface area contributed by atoms with Gasteiger partial charge in [0.25, 0.3) is 5.91 Å². The first kappa shape index (κ1) is 16.5. The third-order valence-electron chi connectivity index (χ3n) is 2.78. The summed E-state index contributed by atoms with van der Waals surface area (Å²) in [5.74, 6) is 0.589. The zero-order chi connectivity index (χ0) is 16.5. The zero-order valence-electron chi connectivity index (χ0n) is 12.7. The van der Waals surface area contributed by atoms with Crippen molar-refractivity contribution in [1.29, 1.82) is 0 Å². The summed E-state index contributed by atoms with van der Waals surface area (Å²) in [6, 6.07) is 12.7. The molecule has 0 saturated heterocycles. The molecule has 2 rings (SSSR count). The van der Waals surface area contributed by atoms with Gasteiger partial charge in [-0.05, 0) is 48.9 Å². The molecule has 6 heteroatoms. The molecule has 0 heterocycles. The molecule has 0 saturated carbocycles. The minimum Gasteiger partial charge on any atom is -0.494 e. The second kappa shape index (κ2) is 8.53. The highest BCUT2D eigenvalue weighted by Crippen LogP contribution is 2.17. The molecule has 0 aromatic heterocycles. The van der Waals surface area contributed by atoms with Crippen molar-refractivity contribution in [2.45, 2.75) is 6.92 Å². The van der Waals surface area contributed by atoms with E-state index in [1.54, 1.807) is 36.4 Å². The van der Waals surface area contributed by atoms with Crippen LogP contribution in [-0.4, -0.2) is 25.3 Å². The Morgan fingerprint density at radius 3 is 2.30 bits per heavy atom. The van der Waals surface area contributed by atoms with Gasteiger partial charge in [0.2, 0.25) is 0 Å². The Bertz CT molecular complexity index is 655. The summed E-state index contributed by atoms with van der Waals surface area (Å²) < 4.78 is 23.4. The molecule has 0 radical (unpaired) electrons. The number of amides is 1. The SMILES string of the molecule is CCOc1ccc(OCC(=O)N/N=C/c2ccc(F)cc2)cc1. The van der Waals surface area contributed by atoms with E-state index in [2.05, 4.69) is 10.5 Å². The highest BCUT2D eigenvalue weighted by atomic mass is 19.1. The summed E-state index contributed by atoms with van der Waals surface area (Å²) in [4.78, 5) is 11.6. The minimum atomic E-state index is -0.391. The number of benzene rings is 2. The third-order valence-corrected chi connectivity index (χ3v) is 2.78. The van der Waals surface area contributed by atoms with Crippen LogP contribution in [0.15, 0.2) is 53.6 Å². The second-order valence-electron chi connectivity index (χ2n) is 4.54. The molecule has 0 unspecified atom stereocenters. The van der Waals surface area contributed by atoms with E-state index in [-0.39, 0.29) is 12.4 Å². The van der Waals surface area contributed by atoms with E-state index in [0.717, 1.165) is 5.75 Å². The molecule has 1 N–H and O–H groups in total. The maximum Gasteiger partial charge on any atom is 0.277 e. The number of rotatable bonds is 7. The van der Waals surface area contributed by atoms with Crippen LogP contribution in [0.3, 0.4) is 0 Å². The Morgan fingerprint density at radius 1 is 1.09 bits per heavy atom. The molecule has 23 heavy (non-hydrogen) atoms. The van der Waals surface area contributed by atoms with Gasteiger partial charge in [-0.1, -0.05) is 12.1 Å². The standard InChI is InChI=1S/C17H17FN2O3/c1-2-22-15-7-9-16(10-8-15)23-12-17(21)20-19-11-13-3-5-14(18)6-4-13/h3-11H,2,12H2,1H3,(H,20,21)/b19-11+. The maximum absolute atomic E-state index is 12.7. The number of hydrogen-bond donors (Lipinski definition) is 1. The van der Waals surface area contributed by atoms with Gasteiger partial charge in [0, 0.05) is 0 Å². The van der Waals surface area contributed by atoms with Crippen molar-refractivity contribution in [3.05, 3.63) is 59.9 Å². The largest absolute Gasteiger partial charge is 0.494 e. The summed E-state index contributed by atoms with van der Waals surface area (Å²) in [7, 11) is 0. The molecule has 0 aliphatic heterocycles. The fourth-order valence-electron chi connectivity index (χ4n) is 1.71. The van der Waals surface area contributed by atoms with Crippen LogP contribution in [0.5, 0.6) is 11.5 Å². The minimum absolute atomic E-state index is 0.158. The lowest BCUT2D eigenvalue weighted by molar-refractivity contribution is -0.123. The highest BCUT2D eigenvalue weighted by Gasteiger charge is 2.01. The molecule has 120 valence electrons. The topological polar surface area (TPSA) is 59.9 Å². The summed E-state index contributed by atoms with van der Waals surface area (Å²) in [5.41, 5.74) is 3.01. The fraction of sp³-hybridized carbons (Fsp3) is 0.176. The molecule has 2 aromatic carbocycles. The highest BCUT2D eigenvalue weighted by molar-refractivity contribution is 5.82. The number of halogens is 1. The Balaban J connectivity index is 1.75. The smallest absolute Gasteiger partial charge is 0.277 e. The maximum atomic E-state index is 12.7. The van der Waals surface area contributed by atoms with Crippen molar-refractivity contribution >= 4 is 12.1 Å². The van der Waals surface area contributed by atoms with E-state index in [1.807, 2.05) is 6.92 Å². The quantitative estimate of drug-likeness (QED) is 0.631. The molecular weight excluding hydrogens is 299 g/mol. The van der Waals surface area contributed by atoms with Crippen LogP contribution in [0.2, 0.25) is 0 Å². The van der Waals surface area contributed by atoms with Gasteiger partial charge in [0.05, 0.1) is 12.8 Å². The Hall–Kier alpha value is -2.89.